The lowest BCUT2D eigenvalue weighted by molar-refractivity contribution is 0.244. The number of hydrogen-bond acceptors (Lipinski definition) is 3. The normalized spacial score (nSPS) is 15.4. The smallest absolute Gasteiger partial charge is 0.319 e. The van der Waals surface area contributed by atoms with Gasteiger partial charge in [0.15, 0.2) is 0 Å². The van der Waals surface area contributed by atoms with Crippen molar-refractivity contribution in [1.29, 1.82) is 0 Å². The van der Waals surface area contributed by atoms with Gasteiger partial charge in [0.25, 0.3) is 0 Å². The van der Waals surface area contributed by atoms with Crippen molar-refractivity contribution in [3.05, 3.63) is 46.0 Å². The zero-order chi connectivity index (χ0) is 22.4. The van der Waals surface area contributed by atoms with E-state index in [1.807, 2.05) is 6.92 Å². The van der Waals surface area contributed by atoms with Crippen LogP contribution in [0.3, 0.4) is 0 Å². The van der Waals surface area contributed by atoms with E-state index in [0.29, 0.717) is 6.54 Å². The van der Waals surface area contributed by atoms with Crippen LogP contribution in [0.1, 0.15) is 61.3 Å². The molecule has 0 fully saturated rings. The molecule has 0 radical (unpaired) electrons. The standard InChI is InChI=1S/C11H16BrFN2O.C11H20N2/c1-4-14-11(16)15-10(9(3)13)7-5-6-8(2)12;1-5-9-7-10(13-8-12-9)11(3,4)6-2/h5-7H,4H2,1-3H3,(H2,14,15,16);7,12H,5-6,8H2,1-4H3/b7-5-,8-6+,10-9-;. The predicted octanol–water partition coefficient (Wildman–Crippen LogP) is 6.08. The molecule has 0 saturated carbocycles. The van der Waals surface area contributed by atoms with Gasteiger partial charge in [0, 0.05) is 23.4 Å². The fraction of sp³-hybridized carbons (Fsp3) is 0.545. The summed E-state index contributed by atoms with van der Waals surface area (Å²) in [5.41, 5.74) is 2.93. The van der Waals surface area contributed by atoms with Crippen LogP contribution >= 0.6 is 15.9 Å². The number of carbonyl (C=O) groups excluding carboxylic acids is 1. The highest BCUT2D eigenvalue weighted by Crippen LogP contribution is 2.24. The molecule has 0 bridgehead atoms. The quantitative estimate of drug-likeness (QED) is 0.394. The van der Waals surface area contributed by atoms with Gasteiger partial charge in [0.05, 0.1) is 5.70 Å². The summed E-state index contributed by atoms with van der Waals surface area (Å²) in [7, 11) is 0. The molecule has 0 spiro atoms. The average Bonchev–Trinajstić information content (AvgIpc) is 2.67. The molecule has 1 aliphatic heterocycles. The van der Waals surface area contributed by atoms with E-state index in [1.165, 1.54) is 24.4 Å². The number of allylic oxidation sites excluding steroid dienone is 7. The molecule has 0 aromatic heterocycles. The second-order valence-electron chi connectivity index (χ2n) is 7.18. The van der Waals surface area contributed by atoms with Crippen molar-refractivity contribution in [2.75, 3.05) is 13.2 Å². The van der Waals surface area contributed by atoms with Gasteiger partial charge in [-0.3, -0.25) is 4.99 Å². The van der Waals surface area contributed by atoms with Gasteiger partial charge >= 0.3 is 6.03 Å². The van der Waals surface area contributed by atoms with E-state index in [9.17, 15) is 9.18 Å². The molecule has 0 unspecified atom stereocenters. The summed E-state index contributed by atoms with van der Waals surface area (Å²) in [5.74, 6) is -0.442. The SMILES string of the molecule is CCC1=CC(C(C)(C)CC)=NCN1.CCNC(=O)NC(/C=C\C=C(/C)Br)=C(/C)F. The molecule has 2 amide bonds. The maximum Gasteiger partial charge on any atom is 0.319 e. The van der Waals surface area contributed by atoms with Crippen molar-refractivity contribution < 1.29 is 9.18 Å². The maximum atomic E-state index is 13.0. The Bertz CT molecular complexity index is 683. The summed E-state index contributed by atoms with van der Waals surface area (Å²) in [6.45, 7) is 15.1. The lowest BCUT2D eigenvalue weighted by Crippen LogP contribution is -2.34. The summed E-state index contributed by atoms with van der Waals surface area (Å²) in [6, 6.07) is -0.418. The summed E-state index contributed by atoms with van der Waals surface area (Å²) in [6.07, 6.45) is 9.30. The van der Waals surface area contributed by atoms with Crippen LogP contribution in [0.25, 0.3) is 0 Å². The van der Waals surface area contributed by atoms with Crippen LogP contribution in [-0.4, -0.2) is 25.0 Å². The van der Waals surface area contributed by atoms with E-state index in [-0.39, 0.29) is 11.1 Å². The Labute approximate surface area is 183 Å². The minimum absolute atomic E-state index is 0.149. The van der Waals surface area contributed by atoms with E-state index in [1.54, 1.807) is 19.1 Å². The van der Waals surface area contributed by atoms with E-state index in [0.717, 1.165) is 24.0 Å². The second kappa shape index (κ2) is 14.1. The second-order valence-corrected chi connectivity index (χ2v) is 8.43. The number of rotatable bonds is 7. The number of hydrogen-bond donors (Lipinski definition) is 3. The van der Waals surface area contributed by atoms with E-state index >= 15 is 0 Å². The van der Waals surface area contributed by atoms with Gasteiger partial charge < -0.3 is 16.0 Å². The minimum Gasteiger partial charge on any atom is -0.370 e. The molecule has 7 heteroatoms. The van der Waals surface area contributed by atoms with Gasteiger partial charge in [-0.2, -0.15) is 0 Å². The lowest BCUT2D eigenvalue weighted by Gasteiger charge is -2.26. The van der Waals surface area contributed by atoms with Gasteiger partial charge in [-0.1, -0.05) is 55.8 Å². The number of nitrogens with zero attached hydrogens (tertiary/aromatic N) is 1. The highest BCUT2D eigenvalue weighted by atomic mass is 79.9. The first-order chi connectivity index (χ1) is 13.6. The van der Waals surface area contributed by atoms with Gasteiger partial charge in [0.2, 0.25) is 0 Å². The molecule has 1 rings (SSSR count). The molecule has 0 aromatic rings. The highest BCUT2D eigenvalue weighted by Gasteiger charge is 2.22. The molecule has 29 heavy (non-hydrogen) atoms. The molecule has 3 N–H and O–H groups in total. The van der Waals surface area contributed by atoms with Gasteiger partial charge in [-0.25, -0.2) is 9.18 Å². The Morgan fingerprint density at radius 2 is 2.00 bits per heavy atom. The van der Waals surface area contributed by atoms with Crippen LogP contribution in [0.5, 0.6) is 0 Å². The topological polar surface area (TPSA) is 65.5 Å². The van der Waals surface area contributed by atoms with Crippen LogP contribution in [0, 0.1) is 5.41 Å². The highest BCUT2D eigenvalue weighted by molar-refractivity contribution is 9.11. The van der Waals surface area contributed by atoms with Crippen molar-refractivity contribution in [3.8, 4) is 0 Å². The largest absolute Gasteiger partial charge is 0.370 e. The third-order valence-electron chi connectivity index (χ3n) is 4.37. The monoisotopic (exact) mass is 470 g/mol. The van der Waals surface area contributed by atoms with E-state index in [2.05, 4.69) is 70.6 Å². The number of halogens is 2. The third-order valence-corrected chi connectivity index (χ3v) is 4.63. The van der Waals surface area contributed by atoms with E-state index < -0.39 is 11.9 Å². The Morgan fingerprint density at radius 3 is 2.48 bits per heavy atom. The Morgan fingerprint density at radius 1 is 1.34 bits per heavy atom. The van der Waals surface area contributed by atoms with Crippen LogP contribution in [-0.2, 0) is 0 Å². The Hall–Kier alpha value is -1.89. The molecule has 1 heterocycles. The number of urea groups is 1. The number of nitrogens with one attached hydrogen (secondary N) is 3. The third kappa shape index (κ3) is 11.6. The number of carbonyl (C=O) groups is 1. The first-order valence-electron chi connectivity index (χ1n) is 9.98. The number of aliphatic imine (C=N–C) groups is 1. The van der Waals surface area contributed by atoms with Gasteiger partial charge in [-0.05, 0) is 50.2 Å². The van der Waals surface area contributed by atoms with Crippen molar-refractivity contribution in [3.63, 3.8) is 0 Å². The summed E-state index contributed by atoms with van der Waals surface area (Å²) in [4.78, 5) is 15.7. The minimum atomic E-state index is -0.442. The maximum absolute atomic E-state index is 13.0. The lowest BCUT2D eigenvalue weighted by atomic mass is 9.83. The molecule has 164 valence electrons. The first-order valence-corrected chi connectivity index (χ1v) is 10.8. The van der Waals surface area contributed by atoms with Crippen molar-refractivity contribution in [1.82, 2.24) is 16.0 Å². The predicted molar refractivity (Wildman–Crippen MR) is 126 cm³/mol. The van der Waals surface area contributed by atoms with Crippen LogP contribution < -0.4 is 16.0 Å². The molecule has 5 nitrogen and oxygen atoms in total. The average molecular weight is 471 g/mol. The molecule has 0 aromatic carbocycles. The molecular weight excluding hydrogens is 435 g/mol. The molecule has 0 saturated heterocycles. The summed E-state index contributed by atoms with van der Waals surface area (Å²) in [5, 5.41) is 8.20. The zero-order valence-electron chi connectivity index (χ0n) is 18.7. The van der Waals surface area contributed by atoms with E-state index in [4.69, 9.17) is 0 Å². The molecule has 0 atom stereocenters. The Balaban J connectivity index is 0.000000551. The first kappa shape index (κ1) is 27.1. The van der Waals surface area contributed by atoms with Crippen LogP contribution in [0.15, 0.2) is 51.0 Å². The van der Waals surface area contributed by atoms with Crippen molar-refractivity contribution in [2.24, 2.45) is 10.4 Å². The van der Waals surface area contributed by atoms with Gasteiger partial charge in [-0.15, -0.1) is 0 Å². The number of amides is 2. The zero-order valence-corrected chi connectivity index (χ0v) is 20.3. The molecular formula is C22H36BrFN4O. The fourth-order valence-corrected chi connectivity index (χ4v) is 2.30. The van der Waals surface area contributed by atoms with Crippen LogP contribution in [0.4, 0.5) is 9.18 Å². The Kier molecular flexibility index (Phi) is 13.2. The summed E-state index contributed by atoms with van der Waals surface area (Å²) >= 11 is 3.24. The fourth-order valence-electron chi connectivity index (χ4n) is 2.15. The van der Waals surface area contributed by atoms with Gasteiger partial charge in [0.1, 0.15) is 12.5 Å². The molecule has 1 aliphatic rings. The molecule has 0 aliphatic carbocycles. The van der Waals surface area contributed by atoms with Crippen molar-refractivity contribution in [2.45, 2.75) is 61.3 Å². The summed E-state index contributed by atoms with van der Waals surface area (Å²) < 4.78 is 14.0. The van der Waals surface area contributed by atoms with Crippen LogP contribution in [0.2, 0.25) is 0 Å². The van der Waals surface area contributed by atoms with Crippen molar-refractivity contribution >= 4 is 27.7 Å².